The number of piperidine rings is 2. The quantitative estimate of drug-likeness (QED) is 0.858. The first-order valence-corrected chi connectivity index (χ1v) is 9.72. The highest BCUT2D eigenvalue weighted by atomic mass is 19.4. The molecule has 2 heterocycles. The van der Waals surface area contributed by atoms with E-state index >= 15 is 0 Å². The monoisotopic (exact) mass is 383 g/mol. The van der Waals surface area contributed by atoms with Gasteiger partial charge in [-0.15, -0.1) is 0 Å². The average Bonchev–Trinajstić information content (AvgIpc) is 2.64. The second-order valence-electron chi connectivity index (χ2n) is 7.75. The van der Waals surface area contributed by atoms with Crippen molar-refractivity contribution in [2.24, 2.45) is 5.92 Å². The van der Waals surface area contributed by atoms with Crippen molar-refractivity contribution in [2.45, 2.75) is 51.4 Å². The first-order chi connectivity index (χ1) is 12.8. The molecular weight excluding hydrogens is 355 g/mol. The maximum absolute atomic E-state index is 12.9. The lowest BCUT2D eigenvalue weighted by atomic mass is 9.97. The number of nitrogens with one attached hydrogen (secondary N) is 1. The van der Waals surface area contributed by atoms with Crippen LogP contribution in [0.25, 0.3) is 0 Å². The lowest BCUT2D eigenvalue weighted by Gasteiger charge is -2.37. The van der Waals surface area contributed by atoms with Gasteiger partial charge in [-0.2, -0.15) is 13.2 Å². The SMILES string of the molecule is Cc1ccccc1CN1CCC(NC(=O)N2CCC[C@@H](C(F)(F)F)C2)CC1. The molecule has 150 valence electrons. The molecule has 0 bridgehead atoms. The molecule has 4 nitrogen and oxygen atoms in total. The van der Waals surface area contributed by atoms with Crippen molar-refractivity contribution >= 4 is 6.03 Å². The van der Waals surface area contributed by atoms with Gasteiger partial charge in [0.25, 0.3) is 0 Å². The molecule has 0 unspecified atom stereocenters. The summed E-state index contributed by atoms with van der Waals surface area (Å²) in [6, 6.07) is 8.01. The number of aryl methyl sites for hydroxylation is 1. The predicted octanol–water partition coefficient (Wildman–Crippen LogP) is 3.94. The van der Waals surface area contributed by atoms with Crippen molar-refractivity contribution < 1.29 is 18.0 Å². The van der Waals surface area contributed by atoms with Gasteiger partial charge in [0.05, 0.1) is 5.92 Å². The van der Waals surface area contributed by atoms with Crippen LogP contribution in [0.3, 0.4) is 0 Å². The van der Waals surface area contributed by atoms with Gasteiger partial charge in [0.15, 0.2) is 0 Å². The standard InChI is InChI=1S/C20H28F3N3O/c1-15-5-2-3-6-16(15)13-25-11-8-18(9-12-25)24-19(27)26-10-4-7-17(14-26)20(21,22)23/h2-3,5-6,17-18H,4,7-14H2,1H3,(H,24,27)/t17-/m1/s1. The number of amides is 2. The van der Waals surface area contributed by atoms with Crippen molar-refractivity contribution in [1.29, 1.82) is 0 Å². The second kappa shape index (κ2) is 8.50. The molecule has 1 aromatic carbocycles. The molecule has 0 radical (unpaired) electrons. The molecule has 2 aliphatic heterocycles. The van der Waals surface area contributed by atoms with Crippen LogP contribution < -0.4 is 5.32 Å². The van der Waals surface area contributed by atoms with E-state index in [-0.39, 0.29) is 25.0 Å². The Morgan fingerprint density at radius 3 is 2.52 bits per heavy atom. The summed E-state index contributed by atoms with van der Waals surface area (Å²) in [6.07, 6.45) is -2.04. The highest BCUT2D eigenvalue weighted by Gasteiger charge is 2.42. The number of halogens is 3. The van der Waals surface area contributed by atoms with Gasteiger partial charge in [0.2, 0.25) is 0 Å². The van der Waals surface area contributed by atoms with E-state index in [2.05, 4.69) is 29.3 Å². The Balaban J connectivity index is 1.45. The summed E-state index contributed by atoms with van der Waals surface area (Å²) in [5.41, 5.74) is 2.59. The predicted molar refractivity (Wildman–Crippen MR) is 98.4 cm³/mol. The Bertz CT molecular complexity index is 642. The Morgan fingerprint density at radius 2 is 1.85 bits per heavy atom. The Labute approximate surface area is 158 Å². The highest BCUT2D eigenvalue weighted by molar-refractivity contribution is 5.74. The van der Waals surface area contributed by atoms with E-state index < -0.39 is 12.1 Å². The fraction of sp³-hybridized carbons (Fsp3) is 0.650. The molecule has 0 aromatic heterocycles. The summed E-state index contributed by atoms with van der Waals surface area (Å²) in [7, 11) is 0. The molecule has 1 N–H and O–H groups in total. The van der Waals surface area contributed by atoms with Crippen LogP contribution in [0.1, 0.15) is 36.8 Å². The zero-order valence-electron chi connectivity index (χ0n) is 15.8. The lowest BCUT2D eigenvalue weighted by molar-refractivity contribution is -0.184. The van der Waals surface area contributed by atoms with E-state index in [4.69, 9.17) is 0 Å². The van der Waals surface area contributed by atoms with Crippen molar-refractivity contribution in [1.82, 2.24) is 15.1 Å². The molecule has 2 amide bonds. The Kier molecular flexibility index (Phi) is 6.29. The number of hydrogen-bond donors (Lipinski definition) is 1. The smallest absolute Gasteiger partial charge is 0.335 e. The molecule has 0 spiro atoms. The second-order valence-corrected chi connectivity index (χ2v) is 7.75. The molecule has 7 heteroatoms. The summed E-state index contributed by atoms with van der Waals surface area (Å²) in [5.74, 6) is -1.40. The summed E-state index contributed by atoms with van der Waals surface area (Å²) < 4.78 is 38.8. The van der Waals surface area contributed by atoms with Gasteiger partial charge in [-0.25, -0.2) is 4.79 Å². The molecule has 1 atom stereocenters. The Morgan fingerprint density at radius 1 is 1.15 bits per heavy atom. The van der Waals surface area contributed by atoms with E-state index in [1.54, 1.807) is 0 Å². The number of benzene rings is 1. The van der Waals surface area contributed by atoms with Gasteiger partial charge in [-0.05, 0) is 43.7 Å². The third-order valence-corrected chi connectivity index (χ3v) is 5.74. The minimum absolute atomic E-state index is 0.0388. The number of hydrogen-bond acceptors (Lipinski definition) is 2. The zero-order chi connectivity index (χ0) is 19.4. The third kappa shape index (κ3) is 5.37. The molecular formula is C20H28F3N3O. The number of nitrogens with zero attached hydrogens (tertiary/aromatic N) is 2. The fourth-order valence-corrected chi connectivity index (χ4v) is 3.96. The van der Waals surface area contributed by atoms with E-state index in [0.29, 0.717) is 13.0 Å². The van der Waals surface area contributed by atoms with Crippen molar-refractivity contribution in [3.8, 4) is 0 Å². The normalized spacial score (nSPS) is 22.7. The average molecular weight is 383 g/mol. The van der Waals surface area contributed by atoms with Crippen molar-refractivity contribution in [2.75, 3.05) is 26.2 Å². The molecule has 27 heavy (non-hydrogen) atoms. The number of carbonyl (C=O) groups excluding carboxylic acids is 1. The van der Waals surface area contributed by atoms with E-state index in [9.17, 15) is 18.0 Å². The summed E-state index contributed by atoms with van der Waals surface area (Å²) in [6.45, 7) is 4.95. The van der Waals surface area contributed by atoms with Crippen LogP contribution >= 0.6 is 0 Å². The molecule has 0 aliphatic carbocycles. The van der Waals surface area contributed by atoms with Crippen LogP contribution in [0.2, 0.25) is 0 Å². The first kappa shape index (κ1) is 20.0. The van der Waals surface area contributed by atoms with Crippen LogP contribution in [0.5, 0.6) is 0 Å². The molecule has 2 fully saturated rings. The van der Waals surface area contributed by atoms with Gasteiger partial charge in [-0.3, -0.25) is 4.90 Å². The van der Waals surface area contributed by atoms with Crippen LogP contribution in [0, 0.1) is 12.8 Å². The number of carbonyl (C=O) groups is 1. The van der Waals surface area contributed by atoms with Crippen LogP contribution in [-0.2, 0) is 6.54 Å². The molecule has 2 aliphatic rings. The number of rotatable bonds is 3. The van der Waals surface area contributed by atoms with Crippen LogP contribution in [-0.4, -0.2) is 54.2 Å². The number of likely N-dealkylation sites (tertiary alicyclic amines) is 2. The van der Waals surface area contributed by atoms with Crippen molar-refractivity contribution in [3.63, 3.8) is 0 Å². The largest absolute Gasteiger partial charge is 0.393 e. The highest BCUT2D eigenvalue weighted by Crippen LogP contribution is 2.33. The van der Waals surface area contributed by atoms with E-state index in [0.717, 1.165) is 32.5 Å². The number of urea groups is 1. The Hall–Kier alpha value is -1.76. The topological polar surface area (TPSA) is 35.6 Å². The third-order valence-electron chi connectivity index (χ3n) is 5.74. The van der Waals surface area contributed by atoms with Crippen molar-refractivity contribution in [3.05, 3.63) is 35.4 Å². The summed E-state index contributed by atoms with van der Waals surface area (Å²) in [4.78, 5) is 16.1. The summed E-state index contributed by atoms with van der Waals surface area (Å²) in [5, 5.41) is 2.95. The van der Waals surface area contributed by atoms with E-state index in [1.165, 1.54) is 16.0 Å². The summed E-state index contributed by atoms with van der Waals surface area (Å²) >= 11 is 0. The molecule has 3 rings (SSSR count). The maximum Gasteiger partial charge on any atom is 0.393 e. The van der Waals surface area contributed by atoms with Gasteiger partial charge < -0.3 is 10.2 Å². The minimum Gasteiger partial charge on any atom is -0.335 e. The van der Waals surface area contributed by atoms with E-state index in [1.807, 2.05) is 12.1 Å². The van der Waals surface area contributed by atoms with Gasteiger partial charge >= 0.3 is 12.2 Å². The van der Waals surface area contributed by atoms with Gasteiger partial charge in [0.1, 0.15) is 0 Å². The first-order valence-electron chi connectivity index (χ1n) is 9.72. The minimum atomic E-state index is -4.22. The lowest BCUT2D eigenvalue weighted by Crippen LogP contribution is -2.52. The zero-order valence-corrected chi connectivity index (χ0v) is 15.8. The maximum atomic E-state index is 12.9. The van der Waals surface area contributed by atoms with Gasteiger partial charge in [0, 0.05) is 38.8 Å². The molecule has 0 saturated carbocycles. The molecule has 2 saturated heterocycles. The fourth-order valence-electron chi connectivity index (χ4n) is 3.96. The van der Waals surface area contributed by atoms with Crippen LogP contribution in [0.15, 0.2) is 24.3 Å². The number of alkyl halides is 3. The molecule has 1 aromatic rings. The van der Waals surface area contributed by atoms with Crippen LogP contribution in [0.4, 0.5) is 18.0 Å². The van der Waals surface area contributed by atoms with Gasteiger partial charge in [-0.1, -0.05) is 24.3 Å².